The van der Waals surface area contributed by atoms with Gasteiger partial charge in [0.25, 0.3) is 5.91 Å². The second-order valence-corrected chi connectivity index (χ2v) is 8.32. The maximum absolute atomic E-state index is 12.7. The second kappa shape index (κ2) is 10.7. The molecule has 0 bridgehead atoms. The third-order valence-corrected chi connectivity index (χ3v) is 5.99. The number of carbonyl (C=O) groups is 2. The second-order valence-electron chi connectivity index (χ2n) is 6.28. The summed E-state index contributed by atoms with van der Waals surface area (Å²) in [7, 11) is 0.446. The van der Waals surface area contributed by atoms with Gasteiger partial charge in [-0.2, -0.15) is 4.31 Å². The summed E-state index contributed by atoms with van der Waals surface area (Å²) >= 11 is 0. The Kier molecular flexibility index (Phi) is 8.34. The fraction of sp³-hybridized carbons (Fsp3) is 0.300. The van der Waals surface area contributed by atoms with E-state index >= 15 is 0 Å². The van der Waals surface area contributed by atoms with Crippen molar-refractivity contribution in [2.75, 3.05) is 46.3 Å². The molecule has 2 aromatic rings. The molecule has 10 heteroatoms. The fourth-order valence-electron chi connectivity index (χ4n) is 2.56. The first-order valence-electron chi connectivity index (χ1n) is 9.06. The van der Waals surface area contributed by atoms with E-state index in [1.54, 1.807) is 24.3 Å². The monoisotopic (exact) mass is 435 g/mol. The van der Waals surface area contributed by atoms with Gasteiger partial charge in [-0.1, -0.05) is 12.1 Å². The number of amides is 2. The summed E-state index contributed by atoms with van der Waals surface area (Å²) in [5.41, 5.74) is 0.551. The highest BCUT2D eigenvalue weighted by molar-refractivity contribution is 7.89. The third kappa shape index (κ3) is 6.02. The molecule has 0 aliphatic rings. The molecule has 0 heterocycles. The van der Waals surface area contributed by atoms with E-state index < -0.39 is 22.5 Å². The molecule has 9 nitrogen and oxygen atoms in total. The van der Waals surface area contributed by atoms with Crippen LogP contribution < -0.4 is 15.4 Å². The lowest BCUT2D eigenvalue weighted by Crippen LogP contribution is -2.35. The number of anilines is 1. The molecule has 2 N–H and O–H groups in total. The number of ether oxygens (including phenoxy) is 2. The van der Waals surface area contributed by atoms with Crippen molar-refractivity contribution in [1.82, 2.24) is 9.62 Å². The first kappa shape index (κ1) is 23.3. The molecule has 2 aromatic carbocycles. The van der Waals surface area contributed by atoms with Crippen molar-refractivity contribution in [2.24, 2.45) is 0 Å². The molecule has 0 saturated carbocycles. The van der Waals surface area contributed by atoms with Crippen LogP contribution in [0.2, 0.25) is 0 Å². The van der Waals surface area contributed by atoms with E-state index in [4.69, 9.17) is 9.47 Å². The number of nitrogens with zero attached hydrogens (tertiary/aromatic N) is 1. The molecule has 0 aliphatic carbocycles. The standard InChI is InChI=1S/C20H25N3O6S/c1-23(30(26,27)16-10-8-15(29-3)9-11-16)14-19(24)22-18-7-5-4-6-17(18)20(25)21-12-13-28-2/h4-11H,12-14H2,1-3H3,(H,21,25)(H,22,24). The molecular weight excluding hydrogens is 410 g/mol. The minimum atomic E-state index is -3.87. The van der Waals surface area contributed by atoms with Gasteiger partial charge in [0.05, 0.1) is 36.4 Å². The SMILES string of the molecule is COCCNC(=O)c1ccccc1NC(=O)CN(C)S(=O)(=O)c1ccc(OC)cc1. The van der Waals surface area contributed by atoms with Crippen LogP contribution in [0.3, 0.4) is 0 Å². The van der Waals surface area contributed by atoms with Gasteiger partial charge >= 0.3 is 0 Å². The van der Waals surface area contributed by atoms with Crippen LogP contribution in [-0.2, 0) is 19.6 Å². The number of carbonyl (C=O) groups excluding carboxylic acids is 2. The maximum atomic E-state index is 12.7. The minimum Gasteiger partial charge on any atom is -0.497 e. The number of benzene rings is 2. The molecule has 0 aromatic heterocycles. The van der Waals surface area contributed by atoms with Crippen LogP contribution in [-0.4, -0.2) is 65.5 Å². The molecule has 0 atom stereocenters. The quantitative estimate of drug-likeness (QED) is 0.544. The summed E-state index contributed by atoms with van der Waals surface area (Å²) in [6.07, 6.45) is 0. The Balaban J connectivity index is 2.07. The van der Waals surface area contributed by atoms with Gasteiger partial charge in [0, 0.05) is 20.7 Å². The summed E-state index contributed by atoms with van der Waals surface area (Å²) in [6.45, 7) is 0.253. The highest BCUT2D eigenvalue weighted by Crippen LogP contribution is 2.19. The number of sulfonamides is 1. The first-order chi connectivity index (χ1) is 14.3. The molecule has 30 heavy (non-hydrogen) atoms. The van der Waals surface area contributed by atoms with E-state index in [9.17, 15) is 18.0 Å². The smallest absolute Gasteiger partial charge is 0.253 e. The number of hydrogen-bond acceptors (Lipinski definition) is 6. The minimum absolute atomic E-state index is 0.0384. The van der Waals surface area contributed by atoms with Crippen LogP contribution in [0.4, 0.5) is 5.69 Å². The maximum Gasteiger partial charge on any atom is 0.253 e. The molecule has 2 rings (SSSR count). The number of methoxy groups -OCH3 is 2. The number of rotatable bonds is 10. The molecule has 0 saturated heterocycles. The number of hydrogen-bond donors (Lipinski definition) is 2. The highest BCUT2D eigenvalue weighted by Gasteiger charge is 2.23. The van der Waals surface area contributed by atoms with E-state index in [2.05, 4.69) is 10.6 Å². The zero-order valence-electron chi connectivity index (χ0n) is 17.0. The topological polar surface area (TPSA) is 114 Å². The van der Waals surface area contributed by atoms with Crippen molar-refractivity contribution in [3.8, 4) is 5.75 Å². The summed E-state index contributed by atoms with van der Waals surface area (Å²) in [5.74, 6) is -0.427. The van der Waals surface area contributed by atoms with E-state index in [-0.39, 0.29) is 22.1 Å². The van der Waals surface area contributed by atoms with E-state index in [0.717, 1.165) is 4.31 Å². The lowest BCUT2D eigenvalue weighted by Gasteiger charge is -2.18. The first-order valence-corrected chi connectivity index (χ1v) is 10.5. The molecular formula is C20H25N3O6S. The van der Waals surface area contributed by atoms with Gasteiger partial charge in [-0.05, 0) is 36.4 Å². The number of para-hydroxylation sites is 1. The summed E-state index contributed by atoms with van der Waals surface area (Å²) in [4.78, 5) is 24.8. The van der Waals surface area contributed by atoms with Gasteiger partial charge in [-0.15, -0.1) is 0 Å². The lowest BCUT2D eigenvalue weighted by molar-refractivity contribution is -0.116. The lowest BCUT2D eigenvalue weighted by atomic mass is 10.1. The molecule has 2 amide bonds. The van der Waals surface area contributed by atoms with Gasteiger partial charge in [0.15, 0.2) is 0 Å². The Morgan fingerprint density at radius 2 is 1.70 bits per heavy atom. The van der Waals surface area contributed by atoms with Crippen molar-refractivity contribution < 1.29 is 27.5 Å². The van der Waals surface area contributed by atoms with Crippen molar-refractivity contribution in [2.45, 2.75) is 4.90 Å². The van der Waals surface area contributed by atoms with Gasteiger partial charge in [0.1, 0.15) is 5.75 Å². The fourth-order valence-corrected chi connectivity index (χ4v) is 3.68. The predicted molar refractivity (Wildman–Crippen MR) is 112 cm³/mol. The van der Waals surface area contributed by atoms with Gasteiger partial charge in [0.2, 0.25) is 15.9 Å². The Morgan fingerprint density at radius 1 is 1.03 bits per heavy atom. The number of likely N-dealkylation sites (N-methyl/N-ethyl adjacent to an activating group) is 1. The van der Waals surface area contributed by atoms with Crippen molar-refractivity contribution in [1.29, 1.82) is 0 Å². The van der Waals surface area contributed by atoms with E-state index in [1.807, 2.05) is 0 Å². The van der Waals surface area contributed by atoms with Gasteiger partial charge in [-0.25, -0.2) is 8.42 Å². The van der Waals surface area contributed by atoms with Crippen LogP contribution in [0.1, 0.15) is 10.4 Å². The molecule has 0 spiro atoms. The van der Waals surface area contributed by atoms with Crippen LogP contribution in [0.5, 0.6) is 5.75 Å². The molecule has 0 radical (unpaired) electrons. The molecule has 0 unspecified atom stereocenters. The van der Waals surface area contributed by atoms with Gasteiger partial charge < -0.3 is 20.1 Å². The normalized spacial score (nSPS) is 11.2. The largest absolute Gasteiger partial charge is 0.497 e. The van der Waals surface area contributed by atoms with Crippen LogP contribution in [0.15, 0.2) is 53.4 Å². The summed E-state index contributed by atoms with van der Waals surface area (Å²) in [6, 6.07) is 12.3. The zero-order valence-corrected chi connectivity index (χ0v) is 17.9. The van der Waals surface area contributed by atoms with Crippen molar-refractivity contribution >= 4 is 27.5 Å². The summed E-state index contributed by atoms with van der Waals surface area (Å²) < 4.78 is 36.2. The number of nitrogens with one attached hydrogen (secondary N) is 2. The third-order valence-electron chi connectivity index (χ3n) is 4.17. The van der Waals surface area contributed by atoms with Crippen molar-refractivity contribution in [3.05, 3.63) is 54.1 Å². The predicted octanol–water partition coefficient (Wildman–Crippen LogP) is 1.33. The zero-order chi connectivity index (χ0) is 22.1. The van der Waals surface area contributed by atoms with Crippen molar-refractivity contribution in [3.63, 3.8) is 0 Å². The van der Waals surface area contributed by atoms with Crippen LogP contribution in [0, 0.1) is 0 Å². The highest BCUT2D eigenvalue weighted by atomic mass is 32.2. The Bertz CT molecular complexity index is 976. The van der Waals surface area contributed by atoms with Gasteiger partial charge in [-0.3, -0.25) is 9.59 Å². The average Bonchev–Trinajstić information content (AvgIpc) is 2.74. The average molecular weight is 436 g/mol. The van der Waals surface area contributed by atoms with E-state index in [1.165, 1.54) is 45.5 Å². The molecule has 0 fully saturated rings. The van der Waals surface area contributed by atoms with Crippen LogP contribution >= 0.6 is 0 Å². The molecule has 0 aliphatic heterocycles. The van der Waals surface area contributed by atoms with Crippen LogP contribution in [0.25, 0.3) is 0 Å². The molecule has 162 valence electrons. The Morgan fingerprint density at radius 3 is 2.33 bits per heavy atom. The summed E-state index contributed by atoms with van der Waals surface area (Å²) in [5, 5.41) is 5.28. The Hall–Kier alpha value is -2.95. The Labute approximate surface area is 176 Å². The van der Waals surface area contributed by atoms with E-state index in [0.29, 0.717) is 18.9 Å².